The average Bonchev–Trinajstić information content (AvgIpc) is 2.95. The molecule has 0 spiro atoms. The van der Waals surface area contributed by atoms with Crippen LogP contribution in [0.2, 0.25) is 0 Å². The minimum Gasteiger partial charge on any atom is -0.299 e. The number of rotatable bonds is 4. The highest BCUT2D eigenvalue weighted by Gasteiger charge is 2.36. The Kier molecular flexibility index (Phi) is 4.40. The van der Waals surface area contributed by atoms with Gasteiger partial charge in [0.25, 0.3) is 0 Å². The molecule has 1 saturated heterocycles. The Bertz CT molecular complexity index is 597. The lowest BCUT2D eigenvalue weighted by atomic mass is 10.2. The molecule has 20 heavy (non-hydrogen) atoms. The lowest BCUT2D eigenvalue weighted by molar-refractivity contribution is -0.119. The molecule has 1 N–H and O–H groups in total. The minimum atomic E-state index is -3.36. The van der Waals surface area contributed by atoms with Gasteiger partial charge in [0.2, 0.25) is 21.1 Å². The van der Waals surface area contributed by atoms with Crippen LogP contribution < -0.4 is 5.32 Å². The molecule has 0 saturated carbocycles. The molecule has 1 aromatic rings. The van der Waals surface area contributed by atoms with E-state index in [1.165, 1.54) is 15.6 Å². The van der Waals surface area contributed by atoms with Crippen LogP contribution in [-0.2, 0) is 14.8 Å². The Morgan fingerprint density at radius 1 is 1.45 bits per heavy atom. The molecule has 112 valence electrons. The quantitative estimate of drug-likeness (QED) is 0.895. The van der Waals surface area contributed by atoms with Gasteiger partial charge in [0.1, 0.15) is 11.0 Å². The molecule has 0 aliphatic carbocycles. The maximum absolute atomic E-state index is 12.2. The van der Waals surface area contributed by atoms with Gasteiger partial charge >= 0.3 is 0 Å². The van der Waals surface area contributed by atoms with Gasteiger partial charge < -0.3 is 0 Å². The fourth-order valence-electron chi connectivity index (χ4n) is 2.11. The van der Waals surface area contributed by atoms with E-state index in [2.05, 4.69) is 15.5 Å². The molecule has 1 fully saturated rings. The monoisotopic (exact) mass is 318 g/mol. The third-order valence-corrected chi connectivity index (χ3v) is 5.53. The maximum atomic E-state index is 12.2. The molecule has 0 bridgehead atoms. The van der Waals surface area contributed by atoms with E-state index in [-0.39, 0.29) is 11.8 Å². The highest BCUT2D eigenvalue weighted by Crippen LogP contribution is 2.25. The fourth-order valence-corrected chi connectivity index (χ4v) is 3.98. The van der Waals surface area contributed by atoms with Crippen molar-refractivity contribution in [1.82, 2.24) is 14.5 Å². The molecule has 1 aromatic heterocycles. The summed E-state index contributed by atoms with van der Waals surface area (Å²) in [5, 5.41) is 11.8. The summed E-state index contributed by atoms with van der Waals surface area (Å²) >= 11 is 1.31. The number of sulfonamides is 1. The predicted octanol–water partition coefficient (Wildman–Crippen LogP) is 1.02. The molecule has 0 radical (unpaired) electrons. The summed E-state index contributed by atoms with van der Waals surface area (Å²) in [5.74, 6) is -0.0865. The molecule has 2 rings (SSSR count). The molecule has 1 amide bonds. The second-order valence-corrected chi connectivity index (χ2v) is 8.07. The van der Waals surface area contributed by atoms with Gasteiger partial charge in [-0.25, -0.2) is 8.42 Å². The first-order valence-electron chi connectivity index (χ1n) is 6.40. The van der Waals surface area contributed by atoms with Crippen LogP contribution in [0.5, 0.6) is 0 Å². The minimum absolute atomic E-state index is 0.247. The van der Waals surface area contributed by atoms with Gasteiger partial charge in [0, 0.05) is 12.5 Å². The normalized spacial score (nSPS) is 20.5. The molecule has 1 atom stereocenters. The number of amides is 1. The van der Waals surface area contributed by atoms with Crippen molar-refractivity contribution in [2.75, 3.05) is 18.1 Å². The van der Waals surface area contributed by atoms with E-state index in [0.717, 1.165) is 11.3 Å². The standard InChI is InChI=1S/C11H18N4O3S2/c1-7(2)10-13-14-11(19-10)12-9(16)8-5-4-6-15(8)20(3,17)18/h7-8H,4-6H2,1-3H3,(H,12,14,16). The Balaban J connectivity index is 2.07. The van der Waals surface area contributed by atoms with Gasteiger partial charge in [-0.1, -0.05) is 25.2 Å². The van der Waals surface area contributed by atoms with Crippen LogP contribution >= 0.6 is 11.3 Å². The predicted molar refractivity (Wildman–Crippen MR) is 77.2 cm³/mol. The van der Waals surface area contributed by atoms with E-state index in [9.17, 15) is 13.2 Å². The van der Waals surface area contributed by atoms with Crippen LogP contribution in [0.1, 0.15) is 37.6 Å². The van der Waals surface area contributed by atoms with Gasteiger partial charge in [0.15, 0.2) is 0 Å². The number of aromatic nitrogens is 2. The summed E-state index contributed by atoms with van der Waals surface area (Å²) in [6, 6.07) is -0.642. The zero-order valence-corrected chi connectivity index (χ0v) is 13.3. The fraction of sp³-hybridized carbons (Fsp3) is 0.727. The van der Waals surface area contributed by atoms with Crippen LogP contribution in [-0.4, -0.2) is 47.7 Å². The number of nitrogens with one attached hydrogen (secondary N) is 1. The van der Waals surface area contributed by atoms with Gasteiger partial charge in [0.05, 0.1) is 6.26 Å². The van der Waals surface area contributed by atoms with Crippen LogP contribution in [0.4, 0.5) is 5.13 Å². The van der Waals surface area contributed by atoms with Gasteiger partial charge in [-0.3, -0.25) is 10.1 Å². The second-order valence-electron chi connectivity index (χ2n) is 5.12. The smallest absolute Gasteiger partial charge is 0.244 e. The van der Waals surface area contributed by atoms with Gasteiger partial charge in [-0.2, -0.15) is 4.31 Å². The first-order valence-corrected chi connectivity index (χ1v) is 9.06. The van der Waals surface area contributed by atoms with Crippen molar-refractivity contribution in [3.05, 3.63) is 5.01 Å². The first-order chi connectivity index (χ1) is 9.29. The lowest BCUT2D eigenvalue weighted by Crippen LogP contribution is -2.42. The van der Waals surface area contributed by atoms with E-state index < -0.39 is 16.1 Å². The maximum Gasteiger partial charge on any atom is 0.244 e. The number of hydrogen-bond acceptors (Lipinski definition) is 6. The Morgan fingerprint density at radius 2 is 2.15 bits per heavy atom. The van der Waals surface area contributed by atoms with Gasteiger partial charge in [-0.15, -0.1) is 10.2 Å². The molecule has 9 heteroatoms. The molecule has 7 nitrogen and oxygen atoms in total. The van der Waals surface area contributed by atoms with Crippen LogP contribution in [0.25, 0.3) is 0 Å². The highest BCUT2D eigenvalue weighted by molar-refractivity contribution is 7.88. The number of hydrogen-bond donors (Lipinski definition) is 1. The number of anilines is 1. The summed E-state index contributed by atoms with van der Waals surface area (Å²) in [5.41, 5.74) is 0. The van der Waals surface area contributed by atoms with E-state index in [4.69, 9.17) is 0 Å². The first kappa shape index (κ1) is 15.3. The molecule has 0 aromatic carbocycles. The lowest BCUT2D eigenvalue weighted by Gasteiger charge is -2.20. The van der Waals surface area contributed by atoms with Crippen molar-refractivity contribution in [2.45, 2.75) is 38.6 Å². The largest absolute Gasteiger partial charge is 0.299 e. The van der Waals surface area contributed by atoms with E-state index >= 15 is 0 Å². The Labute approximate surface area is 122 Å². The zero-order valence-electron chi connectivity index (χ0n) is 11.7. The third-order valence-electron chi connectivity index (χ3n) is 3.10. The summed E-state index contributed by atoms with van der Waals surface area (Å²) in [6.45, 7) is 4.38. The topological polar surface area (TPSA) is 92.3 Å². The number of carbonyl (C=O) groups is 1. The van der Waals surface area contributed by atoms with Crippen molar-refractivity contribution in [3.8, 4) is 0 Å². The highest BCUT2D eigenvalue weighted by atomic mass is 32.2. The van der Waals surface area contributed by atoms with Crippen molar-refractivity contribution >= 4 is 32.4 Å². The van der Waals surface area contributed by atoms with Crippen LogP contribution in [0.15, 0.2) is 0 Å². The number of carbonyl (C=O) groups excluding carboxylic acids is 1. The molecule has 1 unspecified atom stereocenters. The summed E-state index contributed by atoms with van der Waals surface area (Å²) in [4.78, 5) is 12.2. The van der Waals surface area contributed by atoms with Crippen LogP contribution in [0.3, 0.4) is 0 Å². The summed E-state index contributed by atoms with van der Waals surface area (Å²) in [6.07, 6.45) is 2.35. The molecule has 2 heterocycles. The van der Waals surface area contributed by atoms with E-state index in [1.54, 1.807) is 0 Å². The third kappa shape index (κ3) is 3.33. The zero-order chi connectivity index (χ0) is 14.9. The van der Waals surface area contributed by atoms with E-state index in [1.807, 2.05) is 13.8 Å². The van der Waals surface area contributed by atoms with Gasteiger partial charge in [-0.05, 0) is 12.8 Å². The Hall–Kier alpha value is -1.06. The van der Waals surface area contributed by atoms with E-state index in [0.29, 0.717) is 24.5 Å². The molecular formula is C11H18N4O3S2. The molecule has 1 aliphatic rings. The van der Waals surface area contributed by atoms with Crippen molar-refractivity contribution < 1.29 is 13.2 Å². The Morgan fingerprint density at radius 3 is 2.70 bits per heavy atom. The number of nitrogens with zero attached hydrogens (tertiary/aromatic N) is 3. The molecule has 1 aliphatic heterocycles. The van der Waals surface area contributed by atoms with Crippen molar-refractivity contribution in [1.29, 1.82) is 0 Å². The van der Waals surface area contributed by atoms with Crippen molar-refractivity contribution in [2.24, 2.45) is 0 Å². The second kappa shape index (κ2) is 5.74. The summed E-state index contributed by atoms with van der Waals surface area (Å²) < 4.78 is 24.5. The molecular weight excluding hydrogens is 300 g/mol. The summed E-state index contributed by atoms with van der Waals surface area (Å²) in [7, 11) is -3.36. The van der Waals surface area contributed by atoms with Crippen molar-refractivity contribution in [3.63, 3.8) is 0 Å². The average molecular weight is 318 g/mol. The van der Waals surface area contributed by atoms with Crippen LogP contribution in [0, 0.1) is 0 Å². The SMILES string of the molecule is CC(C)c1nnc(NC(=O)C2CCCN2S(C)(=O)=O)s1.